The largest absolute Gasteiger partial charge is 0.481 e. The highest BCUT2D eigenvalue weighted by atomic mass is 16.4. The highest BCUT2D eigenvalue weighted by molar-refractivity contribution is 5.71. The van der Waals surface area contributed by atoms with E-state index in [0.29, 0.717) is 23.5 Å². The van der Waals surface area contributed by atoms with Crippen molar-refractivity contribution in [2.75, 3.05) is 11.9 Å². The van der Waals surface area contributed by atoms with Crippen molar-refractivity contribution in [2.24, 2.45) is 0 Å². The molecule has 2 aromatic rings. The van der Waals surface area contributed by atoms with Crippen molar-refractivity contribution in [2.45, 2.75) is 6.42 Å². The number of anilines is 1. The summed E-state index contributed by atoms with van der Waals surface area (Å²) < 4.78 is 0. The van der Waals surface area contributed by atoms with Gasteiger partial charge in [0.1, 0.15) is 11.3 Å². The Morgan fingerprint density at radius 2 is 2.12 bits per heavy atom. The van der Waals surface area contributed by atoms with Crippen molar-refractivity contribution in [1.29, 1.82) is 0 Å². The van der Waals surface area contributed by atoms with E-state index in [0.717, 1.165) is 0 Å². The van der Waals surface area contributed by atoms with E-state index in [1.165, 1.54) is 0 Å². The maximum atomic E-state index is 10.3. The zero-order valence-electron chi connectivity index (χ0n) is 8.42. The fourth-order valence-electron chi connectivity index (χ4n) is 1.25. The minimum absolute atomic E-state index is 0.0557. The fraction of sp³-hybridized carbons (Fsp3) is 0.200. The number of hydrogen-bond donors (Lipinski definition) is 2. The molecule has 0 aromatic carbocycles. The van der Waals surface area contributed by atoms with Crippen molar-refractivity contribution >= 4 is 23.0 Å². The number of nitrogens with one attached hydrogen (secondary N) is 1. The molecule has 2 rings (SSSR count). The maximum absolute atomic E-state index is 10.3. The molecule has 0 atom stereocenters. The summed E-state index contributed by atoms with van der Waals surface area (Å²) in [6.45, 7) is 0.341. The number of rotatable bonds is 4. The molecule has 0 aliphatic heterocycles. The van der Waals surface area contributed by atoms with Gasteiger partial charge in [-0.1, -0.05) is 0 Å². The molecule has 0 saturated heterocycles. The molecule has 0 bridgehead atoms. The second-order valence-corrected chi connectivity index (χ2v) is 3.17. The molecule has 0 unspecified atom stereocenters. The van der Waals surface area contributed by atoms with Crippen LogP contribution in [0.1, 0.15) is 6.42 Å². The minimum Gasteiger partial charge on any atom is -0.481 e. The van der Waals surface area contributed by atoms with Crippen molar-refractivity contribution < 1.29 is 9.90 Å². The lowest BCUT2D eigenvalue weighted by Gasteiger charge is -2.03. The standard InChI is InChI=1S/C10H10N4O2/c15-9(16)3-4-12-8-2-1-7-10(14-8)13-6-5-11-7/h1-2,5-6H,3-4H2,(H,15,16)(H,12,13,14). The van der Waals surface area contributed by atoms with Crippen LogP contribution in [0.3, 0.4) is 0 Å². The van der Waals surface area contributed by atoms with Gasteiger partial charge < -0.3 is 10.4 Å². The van der Waals surface area contributed by atoms with Gasteiger partial charge in [-0.05, 0) is 12.1 Å². The smallest absolute Gasteiger partial charge is 0.305 e. The third-order valence-corrected chi connectivity index (χ3v) is 1.98. The second-order valence-electron chi connectivity index (χ2n) is 3.17. The fourth-order valence-corrected chi connectivity index (χ4v) is 1.25. The van der Waals surface area contributed by atoms with Crippen LogP contribution in [0.5, 0.6) is 0 Å². The molecule has 2 aromatic heterocycles. The van der Waals surface area contributed by atoms with Crippen molar-refractivity contribution in [3.05, 3.63) is 24.5 Å². The first-order valence-corrected chi connectivity index (χ1v) is 4.79. The zero-order valence-corrected chi connectivity index (χ0v) is 8.42. The minimum atomic E-state index is -0.840. The topological polar surface area (TPSA) is 88.0 Å². The summed E-state index contributed by atoms with van der Waals surface area (Å²) in [6, 6.07) is 3.54. The van der Waals surface area contributed by atoms with Gasteiger partial charge in [0, 0.05) is 18.9 Å². The van der Waals surface area contributed by atoms with Crippen LogP contribution >= 0.6 is 0 Å². The summed E-state index contributed by atoms with van der Waals surface area (Å²) in [5, 5.41) is 11.4. The lowest BCUT2D eigenvalue weighted by molar-refractivity contribution is -0.136. The van der Waals surface area contributed by atoms with Gasteiger partial charge in [-0.25, -0.2) is 9.97 Å². The van der Waals surface area contributed by atoms with E-state index in [9.17, 15) is 4.79 Å². The Morgan fingerprint density at radius 1 is 1.31 bits per heavy atom. The molecule has 2 heterocycles. The Hall–Kier alpha value is -2.24. The maximum Gasteiger partial charge on any atom is 0.305 e. The van der Waals surface area contributed by atoms with Gasteiger partial charge in [0.15, 0.2) is 5.65 Å². The molecule has 6 nitrogen and oxygen atoms in total. The van der Waals surface area contributed by atoms with E-state index in [2.05, 4.69) is 20.3 Å². The predicted molar refractivity (Wildman–Crippen MR) is 58.1 cm³/mol. The van der Waals surface area contributed by atoms with Crippen LogP contribution < -0.4 is 5.32 Å². The molecular weight excluding hydrogens is 208 g/mol. The molecule has 0 spiro atoms. The highest BCUT2D eigenvalue weighted by Crippen LogP contribution is 2.09. The summed E-state index contributed by atoms with van der Waals surface area (Å²) in [6.07, 6.45) is 3.22. The van der Waals surface area contributed by atoms with Gasteiger partial charge in [0.05, 0.1) is 6.42 Å². The van der Waals surface area contributed by atoms with Crippen LogP contribution in [0.2, 0.25) is 0 Å². The van der Waals surface area contributed by atoms with Gasteiger partial charge in [0.25, 0.3) is 0 Å². The van der Waals surface area contributed by atoms with E-state index in [1.807, 2.05) is 0 Å². The van der Waals surface area contributed by atoms with Crippen molar-refractivity contribution in [3.8, 4) is 0 Å². The van der Waals surface area contributed by atoms with Gasteiger partial charge >= 0.3 is 5.97 Å². The lowest BCUT2D eigenvalue weighted by Crippen LogP contribution is -2.08. The number of aliphatic carboxylic acids is 1. The molecule has 0 aliphatic carbocycles. The molecule has 0 saturated carbocycles. The van der Waals surface area contributed by atoms with E-state index < -0.39 is 5.97 Å². The molecule has 0 radical (unpaired) electrons. The average molecular weight is 218 g/mol. The third-order valence-electron chi connectivity index (χ3n) is 1.98. The number of carboxylic acid groups (broad SMARTS) is 1. The van der Waals surface area contributed by atoms with E-state index in [-0.39, 0.29) is 6.42 Å². The number of pyridine rings is 1. The summed E-state index contributed by atoms with van der Waals surface area (Å²) in [5.41, 5.74) is 1.26. The first-order chi connectivity index (χ1) is 7.75. The van der Waals surface area contributed by atoms with Crippen LogP contribution in [0, 0.1) is 0 Å². The van der Waals surface area contributed by atoms with Crippen LogP contribution in [-0.2, 0) is 4.79 Å². The Bertz CT molecular complexity index is 515. The monoisotopic (exact) mass is 218 g/mol. The molecule has 0 amide bonds. The summed E-state index contributed by atoms with van der Waals surface area (Å²) in [4.78, 5) is 22.7. The number of carbonyl (C=O) groups is 1. The number of nitrogens with zero attached hydrogens (tertiary/aromatic N) is 3. The first-order valence-electron chi connectivity index (χ1n) is 4.79. The van der Waals surface area contributed by atoms with E-state index in [1.54, 1.807) is 24.5 Å². The zero-order chi connectivity index (χ0) is 11.4. The molecule has 0 aliphatic rings. The van der Waals surface area contributed by atoms with Crippen LogP contribution in [-0.4, -0.2) is 32.6 Å². The first kappa shape index (κ1) is 10.3. The van der Waals surface area contributed by atoms with Gasteiger partial charge in [-0.3, -0.25) is 9.78 Å². The Labute approximate surface area is 91.4 Å². The molecule has 6 heteroatoms. The highest BCUT2D eigenvalue weighted by Gasteiger charge is 2.00. The molecular formula is C10H10N4O2. The Morgan fingerprint density at radius 3 is 2.94 bits per heavy atom. The molecule has 82 valence electrons. The summed E-state index contributed by atoms with van der Waals surface area (Å²) in [7, 11) is 0. The Balaban J connectivity index is 2.10. The predicted octanol–water partition coefficient (Wildman–Crippen LogP) is 0.911. The van der Waals surface area contributed by atoms with Gasteiger partial charge in [0.2, 0.25) is 0 Å². The van der Waals surface area contributed by atoms with Gasteiger partial charge in [-0.15, -0.1) is 0 Å². The SMILES string of the molecule is O=C(O)CCNc1ccc2nccnc2n1. The van der Waals surface area contributed by atoms with Crippen LogP contribution in [0.15, 0.2) is 24.5 Å². The summed E-state index contributed by atoms with van der Waals surface area (Å²) >= 11 is 0. The quantitative estimate of drug-likeness (QED) is 0.793. The summed E-state index contributed by atoms with van der Waals surface area (Å²) in [5.74, 6) is -0.234. The average Bonchev–Trinajstić information content (AvgIpc) is 2.28. The molecule has 16 heavy (non-hydrogen) atoms. The number of aromatic nitrogens is 3. The number of fused-ring (bicyclic) bond motifs is 1. The van der Waals surface area contributed by atoms with E-state index in [4.69, 9.17) is 5.11 Å². The van der Waals surface area contributed by atoms with Crippen LogP contribution in [0.4, 0.5) is 5.82 Å². The second kappa shape index (κ2) is 4.52. The number of hydrogen-bond acceptors (Lipinski definition) is 5. The normalized spacial score (nSPS) is 10.2. The molecule has 2 N–H and O–H groups in total. The Kier molecular flexibility index (Phi) is 2.90. The van der Waals surface area contributed by atoms with Crippen molar-refractivity contribution in [3.63, 3.8) is 0 Å². The van der Waals surface area contributed by atoms with Crippen molar-refractivity contribution in [1.82, 2.24) is 15.0 Å². The number of carboxylic acids is 1. The third kappa shape index (κ3) is 2.41. The van der Waals surface area contributed by atoms with Gasteiger partial charge in [-0.2, -0.15) is 0 Å². The molecule has 0 fully saturated rings. The lowest BCUT2D eigenvalue weighted by atomic mass is 10.4. The van der Waals surface area contributed by atoms with E-state index >= 15 is 0 Å². The van der Waals surface area contributed by atoms with Crippen LogP contribution in [0.25, 0.3) is 11.2 Å².